The molecule has 0 spiro atoms. The maximum Gasteiger partial charge on any atom is 0.244 e. The van der Waals surface area contributed by atoms with Gasteiger partial charge in [0.25, 0.3) is 0 Å². The molecule has 2 rings (SSSR count). The lowest BCUT2D eigenvalue weighted by atomic mass is 9.69. The minimum absolute atomic E-state index is 0.184. The molecule has 1 fully saturated rings. The van der Waals surface area contributed by atoms with Crippen LogP contribution in [0, 0.1) is 23.7 Å². The van der Waals surface area contributed by atoms with E-state index in [2.05, 4.69) is 27.3 Å². The van der Waals surface area contributed by atoms with Gasteiger partial charge in [-0.15, -0.1) is 0 Å². The van der Waals surface area contributed by atoms with Gasteiger partial charge in [0.2, 0.25) is 5.91 Å². The molecule has 1 aromatic carbocycles. The average molecular weight is 293 g/mol. The summed E-state index contributed by atoms with van der Waals surface area (Å²) in [6.07, 6.45) is 2.29. The first-order valence-corrected chi connectivity index (χ1v) is 6.35. The van der Waals surface area contributed by atoms with Crippen molar-refractivity contribution in [2.45, 2.75) is 26.2 Å². The summed E-state index contributed by atoms with van der Waals surface area (Å²) in [4.78, 5) is 12.0. The van der Waals surface area contributed by atoms with Crippen LogP contribution >= 0.6 is 15.9 Å². The number of hydrogen-bond acceptors (Lipinski definition) is 2. The zero-order valence-corrected chi connectivity index (χ0v) is 11.2. The maximum atomic E-state index is 12.0. The molecular formula is C13H13BrN2O. The highest BCUT2D eigenvalue weighted by molar-refractivity contribution is 9.10. The highest BCUT2D eigenvalue weighted by Gasteiger charge is 2.44. The first-order chi connectivity index (χ1) is 8.07. The fourth-order valence-corrected chi connectivity index (χ4v) is 2.48. The summed E-state index contributed by atoms with van der Waals surface area (Å²) < 4.78 is 0.846. The minimum Gasteiger partial charge on any atom is -0.324 e. The molecule has 1 saturated carbocycles. The smallest absolute Gasteiger partial charge is 0.244 e. The van der Waals surface area contributed by atoms with E-state index >= 15 is 0 Å². The summed E-state index contributed by atoms with van der Waals surface area (Å²) in [5.41, 5.74) is 1.04. The fraction of sp³-hybridized carbons (Fsp3) is 0.385. The number of halogens is 1. The third-order valence-electron chi connectivity index (χ3n) is 3.23. The third-order valence-corrected chi connectivity index (χ3v) is 3.88. The molecule has 0 saturated heterocycles. The van der Waals surface area contributed by atoms with Gasteiger partial charge in [-0.3, -0.25) is 4.79 Å². The number of nitriles is 1. The molecule has 1 N–H and O–H groups in total. The van der Waals surface area contributed by atoms with Crippen LogP contribution in [-0.4, -0.2) is 5.91 Å². The van der Waals surface area contributed by atoms with E-state index in [4.69, 9.17) is 5.26 Å². The number of hydrogen-bond donors (Lipinski definition) is 1. The molecule has 0 aromatic heterocycles. The zero-order chi connectivity index (χ0) is 12.5. The molecule has 17 heavy (non-hydrogen) atoms. The second-order valence-electron chi connectivity index (χ2n) is 4.48. The summed E-state index contributed by atoms with van der Waals surface area (Å²) in [6.45, 7) is 1.99. The van der Waals surface area contributed by atoms with Gasteiger partial charge in [0.15, 0.2) is 0 Å². The molecule has 88 valence electrons. The van der Waals surface area contributed by atoms with E-state index in [1.165, 1.54) is 0 Å². The van der Waals surface area contributed by atoms with Crippen LogP contribution in [0.4, 0.5) is 5.69 Å². The Balaban J connectivity index is 2.16. The quantitative estimate of drug-likeness (QED) is 0.908. The molecule has 3 nitrogen and oxygen atoms in total. The van der Waals surface area contributed by atoms with E-state index in [0.717, 1.165) is 22.1 Å². The Kier molecular flexibility index (Phi) is 3.21. The van der Waals surface area contributed by atoms with Crippen molar-refractivity contribution in [2.75, 3.05) is 5.32 Å². The molecule has 1 aliphatic rings. The summed E-state index contributed by atoms with van der Waals surface area (Å²) in [5.74, 6) is -0.184. The maximum absolute atomic E-state index is 12.0. The molecule has 0 radical (unpaired) electrons. The lowest BCUT2D eigenvalue weighted by Gasteiger charge is -2.33. The number of carbonyl (C=O) groups excluding carboxylic acids is 1. The van der Waals surface area contributed by atoms with Gasteiger partial charge in [-0.1, -0.05) is 6.07 Å². The lowest BCUT2D eigenvalue weighted by molar-refractivity contribution is -0.126. The van der Waals surface area contributed by atoms with Crippen LogP contribution in [0.25, 0.3) is 0 Å². The van der Waals surface area contributed by atoms with Crippen LogP contribution in [0.3, 0.4) is 0 Å². The van der Waals surface area contributed by atoms with Crippen LogP contribution in [-0.2, 0) is 4.79 Å². The van der Waals surface area contributed by atoms with Crippen LogP contribution in [0.15, 0.2) is 22.7 Å². The second kappa shape index (κ2) is 4.50. The highest BCUT2D eigenvalue weighted by atomic mass is 79.9. The summed E-state index contributed by atoms with van der Waals surface area (Å²) in [5, 5.41) is 11.9. The van der Waals surface area contributed by atoms with Gasteiger partial charge in [-0.25, -0.2) is 0 Å². The van der Waals surface area contributed by atoms with Crippen LogP contribution in [0.5, 0.6) is 0 Å². The molecule has 0 unspecified atom stereocenters. The summed E-state index contributed by atoms with van der Waals surface area (Å²) in [6, 6.07) is 7.86. The Morgan fingerprint density at radius 1 is 1.53 bits per heavy atom. The number of carbonyl (C=O) groups is 1. The molecule has 0 atom stereocenters. The molecule has 1 aliphatic carbocycles. The van der Waals surface area contributed by atoms with Crippen molar-refractivity contribution in [3.8, 4) is 6.07 Å². The average Bonchev–Trinajstić information content (AvgIpc) is 2.21. The number of nitrogens with one attached hydrogen (secondary N) is 1. The van der Waals surface area contributed by atoms with Gasteiger partial charge >= 0.3 is 0 Å². The van der Waals surface area contributed by atoms with Crippen LogP contribution < -0.4 is 5.32 Å². The number of nitrogens with zero attached hydrogens (tertiary/aromatic N) is 1. The fourth-order valence-electron chi connectivity index (χ4n) is 1.88. The van der Waals surface area contributed by atoms with Crippen LogP contribution in [0.2, 0.25) is 0 Å². The lowest BCUT2D eigenvalue weighted by Crippen LogP contribution is -2.40. The third kappa shape index (κ3) is 2.20. The van der Waals surface area contributed by atoms with E-state index in [9.17, 15) is 4.79 Å². The summed E-state index contributed by atoms with van der Waals surface area (Å²) in [7, 11) is 0. The Morgan fingerprint density at radius 3 is 2.71 bits per heavy atom. The number of amides is 1. The molecule has 0 heterocycles. The van der Waals surface area contributed by atoms with E-state index < -0.39 is 5.41 Å². The number of aryl methyl sites for hydroxylation is 1. The first kappa shape index (κ1) is 12.1. The van der Waals surface area contributed by atoms with Crippen molar-refractivity contribution in [2.24, 2.45) is 5.41 Å². The Labute approximate surface area is 109 Å². The van der Waals surface area contributed by atoms with E-state index in [1.807, 2.05) is 25.1 Å². The van der Waals surface area contributed by atoms with Gasteiger partial charge < -0.3 is 5.32 Å². The van der Waals surface area contributed by atoms with Crippen molar-refractivity contribution in [3.05, 3.63) is 28.2 Å². The Bertz CT molecular complexity index is 501. The van der Waals surface area contributed by atoms with Crippen molar-refractivity contribution in [3.63, 3.8) is 0 Å². The number of benzene rings is 1. The van der Waals surface area contributed by atoms with Crippen LogP contribution in [0.1, 0.15) is 24.8 Å². The van der Waals surface area contributed by atoms with Crippen molar-refractivity contribution in [1.82, 2.24) is 0 Å². The van der Waals surface area contributed by atoms with Gasteiger partial charge in [0.1, 0.15) is 5.41 Å². The standard InChI is InChI=1S/C13H13BrN2O/c1-9-3-4-11(10(14)7-9)16-12(17)13(8-15)5-2-6-13/h3-4,7H,2,5-6H2,1H3,(H,16,17). The van der Waals surface area contributed by atoms with Gasteiger partial charge in [-0.2, -0.15) is 5.26 Å². The van der Waals surface area contributed by atoms with Crippen molar-refractivity contribution >= 4 is 27.5 Å². The number of rotatable bonds is 2. The van der Waals surface area contributed by atoms with Gasteiger partial charge in [0.05, 0.1) is 11.8 Å². The van der Waals surface area contributed by atoms with Gasteiger partial charge in [-0.05, 0) is 59.8 Å². The zero-order valence-electron chi connectivity index (χ0n) is 9.59. The molecule has 4 heteroatoms. The predicted octanol–water partition coefficient (Wildman–Crippen LogP) is 3.39. The highest BCUT2D eigenvalue weighted by Crippen LogP contribution is 2.41. The van der Waals surface area contributed by atoms with Crippen molar-refractivity contribution < 1.29 is 4.79 Å². The molecular weight excluding hydrogens is 280 g/mol. The molecule has 1 aromatic rings. The monoisotopic (exact) mass is 292 g/mol. The molecule has 0 aliphatic heterocycles. The molecule has 1 amide bonds. The second-order valence-corrected chi connectivity index (χ2v) is 5.34. The van der Waals surface area contributed by atoms with Crippen molar-refractivity contribution in [1.29, 1.82) is 5.26 Å². The van der Waals surface area contributed by atoms with Gasteiger partial charge in [0, 0.05) is 4.47 Å². The Hall–Kier alpha value is -1.34. The first-order valence-electron chi connectivity index (χ1n) is 5.56. The largest absolute Gasteiger partial charge is 0.324 e. The van der Waals surface area contributed by atoms with E-state index in [1.54, 1.807) is 0 Å². The summed E-state index contributed by atoms with van der Waals surface area (Å²) >= 11 is 3.41. The number of anilines is 1. The molecule has 0 bridgehead atoms. The SMILES string of the molecule is Cc1ccc(NC(=O)C2(C#N)CCC2)c(Br)c1. The van der Waals surface area contributed by atoms with E-state index in [-0.39, 0.29) is 5.91 Å². The Morgan fingerprint density at radius 2 is 2.24 bits per heavy atom. The van der Waals surface area contributed by atoms with E-state index in [0.29, 0.717) is 12.8 Å². The normalized spacial score (nSPS) is 16.8. The minimum atomic E-state index is -0.801. The topological polar surface area (TPSA) is 52.9 Å². The predicted molar refractivity (Wildman–Crippen MR) is 69.4 cm³/mol.